The van der Waals surface area contributed by atoms with E-state index < -0.39 is 5.97 Å². The van der Waals surface area contributed by atoms with E-state index in [0.717, 1.165) is 11.1 Å². The summed E-state index contributed by atoms with van der Waals surface area (Å²) in [7, 11) is 1.58. The standard InChI is InChI=1S/C28H26N2O5S/c1-4-30-26(31)25(36-28(30)29-22-7-5-6-21(16-22)27(32)33)15-20-12-13-23(24(14-20)34-3)35-17-19-10-8-18(2)9-11-19/h5-16H,4,17H2,1-3H3,(H,32,33). The van der Waals surface area contributed by atoms with Gasteiger partial charge in [0.05, 0.1) is 23.3 Å². The molecule has 1 saturated heterocycles. The Kier molecular flexibility index (Phi) is 7.75. The lowest BCUT2D eigenvalue weighted by Crippen LogP contribution is -2.28. The van der Waals surface area contributed by atoms with Gasteiger partial charge < -0.3 is 14.6 Å². The number of methoxy groups -OCH3 is 1. The Morgan fingerprint density at radius 1 is 1.08 bits per heavy atom. The Bertz CT molecular complexity index is 1350. The third-order valence-electron chi connectivity index (χ3n) is 5.52. The van der Waals surface area contributed by atoms with Crippen LogP contribution in [-0.2, 0) is 11.4 Å². The highest BCUT2D eigenvalue weighted by atomic mass is 32.2. The van der Waals surface area contributed by atoms with Crippen molar-refractivity contribution < 1.29 is 24.2 Å². The number of amidine groups is 1. The van der Waals surface area contributed by atoms with E-state index in [4.69, 9.17) is 9.47 Å². The van der Waals surface area contributed by atoms with Crippen molar-refractivity contribution in [2.75, 3.05) is 13.7 Å². The molecule has 1 heterocycles. The van der Waals surface area contributed by atoms with Gasteiger partial charge in [0, 0.05) is 6.54 Å². The highest BCUT2D eigenvalue weighted by Crippen LogP contribution is 2.36. The van der Waals surface area contributed by atoms with E-state index in [1.54, 1.807) is 30.2 Å². The molecule has 1 N–H and O–H groups in total. The molecule has 1 aliphatic rings. The van der Waals surface area contributed by atoms with E-state index in [-0.39, 0.29) is 11.5 Å². The first-order chi connectivity index (χ1) is 17.4. The van der Waals surface area contributed by atoms with E-state index in [1.807, 2.05) is 56.3 Å². The molecular formula is C28H26N2O5S. The summed E-state index contributed by atoms with van der Waals surface area (Å²) in [6.45, 7) is 4.77. The summed E-state index contributed by atoms with van der Waals surface area (Å²) in [5, 5.41) is 9.74. The number of carbonyl (C=O) groups is 2. The first-order valence-electron chi connectivity index (χ1n) is 11.4. The van der Waals surface area contributed by atoms with Gasteiger partial charge in [0.15, 0.2) is 16.7 Å². The number of ether oxygens (including phenoxy) is 2. The Morgan fingerprint density at radius 3 is 2.56 bits per heavy atom. The number of hydrogen-bond donors (Lipinski definition) is 1. The molecule has 1 fully saturated rings. The monoisotopic (exact) mass is 502 g/mol. The minimum absolute atomic E-state index is 0.141. The second kappa shape index (κ2) is 11.1. The van der Waals surface area contributed by atoms with Crippen LogP contribution in [-0.4, -0.2) is 40.7 Å². The van der Waals surface area contributed by atoms with Crippen molar-refractivity contribution in [3.63, 3.8) is 0 Å². The molecule has 0 bridgehead atoms. The summed E-state index contributed by atoms with van der Waals surface area (Å²) in [5.41, 5.74) is 3.65. The van der Waals surface area contributed by atoms with Crippen molar-refractivity contribution in [3.8, 4) is 11.5 Å². The van der Waals surface area contributed by atoms with Crippen molar-refractivity contribution >= 4 is 40.6 Å². The number of likely N-dealkylation sites (N-methyl/N-ethyl adjacent to an activating group) is 1. The number of carboxylic acid groups (broad SMARTS) is 1. The van der Waals surface area contributed by atoms with E-state index in [9.17, 15) is 14.7 Å². The fraction of sp³-hybridized carbons (Fsp3) is 0.179. The molecule has 0 aromatic heterocycles. The normalized spacial score (nSPS) is 15.5. The van der Waals surface area contributed by atoms with E-state index in [1.165, 1.54) is 29.5 Å². The second-order valence-corrected chi connectivity index (χ2v) is 9.10. The van der Waals surface area contributed by atoms with Crippen molar-refractivity contribution in [1.82, 2.24) is 4.90 Å². The third kappa shape index (κ3) is 5.78. The zero-order valence-corrected chi connectivity index (χ0v) is 21.0. The molecule has 3 aromatic rings. The zero-order chi connectivity index (χ0) is 25.7. The molecule has 0 spiro atoms. The van der Waals surface area contributed by atoms with Gasteiger partial charge in [-0.1, -0.05) is 42.0 Å². The summed E-state index contributed by atoms with van der Waals surface area (Å²) in [4.78, 5) is 30.9. The van der Waals surface area contributed by atoms with Gasteiger partial charge in [-0.2, -0.15) is 0 Å². The largest absolute Gasteiger partial charge is 0.493 e. The van der Waals surface area contributed by atoms with Gasteiger partial charge in [0.25, 0.3) is 5.91 Å². The molecular weight excluding hydrogens is 476 g/mol. The van der Waals surface area contributed by atoms with Gasteiger partial charge >= 0.3 is 5.97 Å². The van der Waals surface area contributed by atoms with E-state index in [0.29, 0.717) is 40.4 Å². The predicted octanol–water partition coefficient (Wildman–Crippen LogP) is 5.90. The number of aliphatic imine (C=N–C) groups is 1. The number of thioether (sulfide) groups is 1. The number of amides is 1. The maximum atomic E-state index is 13.0. The lowest BCUT2D eigenvalue weighted by atomic mass is 10.1. The third-order valence-corrected chi connectivity index (χ3v) is 6.53. The summed E-state index contributed by atoms with van der Waals surface area (Å²) >= 11 is 1.25. The number of carboxylic acids is 1. The Morgan fingerprint density at radius 2 is 1.86 bits per heavy atom. The average Bonchev–Trinajstić information content (AvgIpc) is 3.17. The minimum Gasteiger partial charge on any atom is -0.493 e. The molecule has 0 saturated carbocycles. The Hall–Kier alpha value is -4.04. The minimum atomic E-state index is -1.03. The lowest BCUT2D eigenvalue weighted by molar-refractivity contribution is -0.122. The summed E-state index contributed by atoms with van der Waals surface area (Å²) in [5.74, 6) is -0.00492. The van der Waals surface area contributed by atoms with Crippen LogP contribution < -0.4 is 9.47 Å². The predicted molar refractivity (Wildman–Crippen MR) is 142 cm³/mol. The Balaban J connectivity index is 1.55. The molecule has 7 nitrogen and oxygen atoms in total. The van der Waals surface area contributed by atoms with Crippen LogP contribution in [0.25, 0.3) is 6.08 Å². The van der Waals surface area contributed by atoms with Crippen LogP contribution in [0, 0.1) is 6.92 Å². The van der Waals surface area contributed by atoms with E-state index in [2.05, 4.69) is 4.99 Å². The van der Waals surface area contributed by atoms with Gasteiger partial charge in [-0.15, -0.1) is 0 Å². The average molecular weight is 503 g/mol. The number of aromatic carboxylic acids is 1. The summed E-state index contributed by atoms with van der Waals surface area (Å²) < 4.78 is 11.5. The lowest BCUT2D eigenvalue weighted by Gasteiger charge is -2.12. The van der Waals surface area contributed by atoms with Gasteiger partial charge in [0.1, 0.15) is 6.61 Å². The molecule has 1 amide bonds. The summed E-state index contributed by atoms with van der Waals surface area (Å²) in [6, 6.07) is 20.0. The van der Waals surface area contributed by atoms with Crippen molar-refractivity contribution in [2.24, 2.45) is 4.99 Å². The van der Waals surface area contributed by atoms with Crippen LogP contribution in [0.2, 0.25) is 0 Å². The van der Waals surface area contributed by atoms with Crippen molar-refractivity contribution in [3.05, 3.63) is 93.9 Å². The van der Waals surface area contributed by atoms with Crippen LogP contribution in [0.5, 0.6) is 11.5 Å². The highest BCUT2D eigenvalue weighted by molar-refractivity contribution is 8.18. The van der Waals surface area contributed by atoms with Crippen LogP contribution >= 0.6 is 11.8 Å². The van der Waals surface area contributed by atoms with Crippen LogP contribution in [0.1, 0.15) is 34.0 Å². The van der Waals surface area contributed by atoms with Crippen LogP contribution in [0.4, 0.5) is 5.69 Å². The fourth-order valence-corrected chi connectivity index (χ4v) is 4.64. The number of nitrogens with zero attached hydrogens (tertiary/aromatic N) is 2. The van der Waals surface area contributed by atoms with Crippen LogP contribution in [0.15, 0.2) is 76.6 Å². The molecule has 3 aromatic carbocycles. The van der Waals surface area contributed by atoms with Crippen LogP contribution in [0.3, 0.4) is 0 Å². The number of benzene rings is 3. The molecule has 36 heavy (non-hydrogen) atoms. The topological polar surface area (TPSA) is 88.4 Å². The summed E-state index contributed by atoms with van der Waals surface area (Å²) in [6.07, 6.45) is 1.79. The number of aryl methyl sites for hydroxylation is 1. The van der Waals surface area contributed by atoms with Gasteiger partial charge in [0.2, 0.25) is 0 Å². The molecule has 0 radical (unpaired) electrons. The fourth-order valence-electron chi connectivity index (χ4n) is 3.58. The van der Waals surface area contributed by atoms with Gasteiger partial charge in [-0.25, -0.2) is 9.79 Å². The molecule has 0 unspecified atom stereocenters. The maximum absolute atomic E-state index is 13.0. The quantitative estimate of drug-likeness (QED) is 0.386. The first kappa shape index (κ1) is 25.1. The number of carbonyl (C=O) groups excluding carboxylic acids is 1. The van der Waals surface area contributed by atoms with E-state index >= 15 is 0 Å². The second-order valence-electron chi connectivity index (χ2n) is 8.09. The van der Waals surface area contributed by atoms with Crippen molar-refractivity contribution in [1.29, 1.82) is 0 Å². The highest BCUT2D eigenvalue weighted by Gasteiger charge is 2.32. The van der Waals surface area contributed by atoms with Crippen molar-refractivity contribution in [2.45, 2.75) is 20.5 Å². The van der Waals surface area contributed by atoms with Gasteiger partial charge in [-0.3, -0.25) is 9.69 Å². The zero-order valence-electron chi connectivity index (χ0n) is 20.2. The molecule has 1 aliphatic heterocycles. The molecule has 4 rings (SSSR count). The SMILES string of the molecule is CCN1C(=O)C(=Cc2ccc(OCc3ccc(C)cc3)c(OC)c2)SC1=Nc1cccc(C(=O)O)c1. The smallest absolute Gasteiger partial charge is 0.335 e. The maximum Gasteiger partial charge on any atom is 0.335 e. The molecule has 0 atom stereocenters. The molecule has 0 aliphatic carbocycles. The first-order valence-corrected chi connectivity index (χ1v) is 12.2. The Labute approximate surface area is 214 Å². The number of hydrogen-bond acceptors (Lipinski definition) is 6. The molecule has 184 valence electrons. The van der Waals surface area contributed by atoms with Gasteiger partial charge in [-0.05, 0) is 73.1 Å². The number of rotatable bonds is 8. The molecule has 8 heteroatoms.